The molecule has 4 rings (SSSR count). The summed E-state index contributed by atoms with van der Waals surface area (Å²) < 4.78 is 11.7. The molecule has 5 heteroatoms. The molecule has 2 heterocycles. The molecule has 4 nitrogen and oxygen atoms in total. The Kier molecular flexibility index (Phi) is 4.50. The van der Waals surface area contributed by atoms with Crippen molar-refractivity contribution in [2.45, 2.75) is 32.6 Å². The first-order valence-corrected chi connectivity index (χ1v) is 8.98. The smallest absolute Gasteiger partial charge is 0.227 e. The number of morpholine rings is 1. The molecule has 3 aromatic rings. The minimum atomic E-state index is 0.272. The quantitative estimate of drug-likeness (QED) is 0.678. The molecule has 0 spiro atoms. The molecule has 2 aromatic carbocycles. The molecule has 130 valence electrons. The van der Waals surface area contributed by atoms with Crippen LogP contribution in [0.2, 0.25) is 5.02 Å². The fourth-order valence-corrected chi connectivity index (χ4v) is 3.68. The summed E-state index contributed by atoms with van der Waals surface area (Å²) in [4.78, 5) is 7.07. The lowest BCUT2D eigenvalue weighted by molar-refractivity contribution is -0.0704. The van der Waals surface area contributed by atoms with E-state index >= 15 is 0 Å². The Morgan fingerprint density at radius 1 is 1.12 bits per heavy atom. The first-order valence-electron chi connectivity index (χ1n) is 8.60. The minimum absolute atomic E-state index is 0.272. The molecule has 2 atom stereocenters. The topological polar surface area (TPSA) is 38.5 Å². The first kappa shape index (κ1) is 16.6. The van der Waals surface area contributed by atoms with E-state index in [4.69, 9.17) is 20.8 Å². The maximum absolute atomic E-state index is 6.07. The number of nitrogens with zero attached hydrogens (tertiary/aromatic N) is 2. The van der Waals surface area contributed by atoms with E-state index in [1.807, 2.05) is 30.3 Å². The third kappa shape index (κ3) is 3.71. The molecule has 1 saturated heterocycles. The van der Waals surface area contributed by atoms with Gasteiger partial charge in [0.2, 0.25) is 5.89 Å². The molecule has 1 fully saturated rings. The van der Waals surface area contributed by atoms with Crippen LogP contribution in [0.3, 0.4) is 0 Å². The maximum Gasteiger partial charge on any atom is 0.227 e. The second kappa shape index (κ2) is 6.79. The van der Waals surface area contributed by atoms with Crippen molar-refractivity contribution in [2.75, 3.05) is 13.1 Å². The van der Waals surface area contributed by atoms with Crippen LogP contribution in [0.15, 0.2) is 46.9 Å². The van der Waals surface area contributed by atoms with Crippen LogP contribution in [0, 0.1) is 0 Å². The molecular formula is C20H21ClN2O2. The molecule has 1 aromatic heterocycles. The number of oxazole rings is 1. The zero-order chi connectivity index (χ0) is 17.4. The zero-order valence-corrected chi connectivity index (χ0v) is 15.2. The van der Waals surface area contributed by atoms with Crippen LogP contribution < -0.4 is 0 Å². The third-order valence-corrected chi connectivity index (χ3v) is 4.66. The van der Waals surface area contributed by atoms with E-state index in [1.54, 1.807) is 0 Å². The van der Waals surface area contributed by atoms with Gasteiger partial charge in [0.05, 0.1) is 12.2 Å². The minimum Gasteiger partial charge on any atom is -0.436 e. The first-order chi connectivity index (χ1) is 12.1. The van der Waals surface area contributed by atoms with Gasteiger partial charge in [0.15, 0.2) is 5.58 Å². The predicted molar refractivity (Wildman–Crippen MR) is 99.7 cm³/mol. The highest BCUT2D eigenvalue weighted by Crippen LogP contribution is 2.27. The van der Waals surface area contributed by atoms with Crippen LogP contribution >= 0.6 is 11.6 Å². The molecule has 1 aliphatic heterocycles. The molecule has 0 N–H and O–H groups in total. The van der Waals surface area contributed by atoms with E-state index < -0.39 is 0 Å². The lowest BCUT2D eigenvalue weighted by Gasteiger charge is -2.35. The number of halogens is 1. The largest absolute Gasteiger partial charge is 0.436 e. The van der Waals surface area contributed by atoms with Crippen molar-refractivity contribution >= 4 is 22.7 Å². The highest BCUT2D eigenvalue weighted by molar-refractivity contribution is 6.30. The van der Waals surface area contributed by atoms with Crippen molar-refractivity contribution in [2.24, 2.45) is 0 Å². The summed E-state index contributed by atoms with van der Waals surface area (Å²) in [5, 5.41) is 0.677. The van der Waals surface area contributed by atoms with Gasteiger partial charge in [-0.3, -0.25) is 4.90 Å². The van der Waals surface area contributed by atoms with Gasteiger partial charge in [-0.1, -0.05) is 23.7 Å². The fourth-order valence-electron chi connectivity index (χ4n) is 3.49. The van der Waals surface area contributed by atoms with Crippen LogP contribution in [0.25, 0.3) is 22.6 Å². The Balaban J connectivity index is 1.58. The second-order valence-corrected chi connectivity index (χ2v) is 7.22. The van der Waals surface area contributed by atoms with Crippen molar-refractivity contribution in [1.82, 2.24) is 9.88 Å². The molecule has 1 aliphatic rings. The molecule has 0 unspecified atom stereocenters. The van der Waals surface area contributed by atoms with Gasteiger partial charge in [-0.2, -0.15) is 0 Å². The number of aromatic nitrogens is 1. The fraction of sp³-hybridized carbons (Fsp3) is 0.350. The van der Waals surface area contributed by atoms with Gasteiger partial charge < -0.3 is 9.15 Å². The van der Waals surface area contributed by atoms with Crippen molar-refractivity contribution in [1.29, 1.82) is 0 Å². The second-order valence-electron chi connectivity index (χ2n) is 6.78. The molecule has 25 heavy (non-hydrogen) atoms. The summed E-state index contributed by atoms with van der Waals surface area (Å²) >= 11 is 6.07. The van der Waals surface area contributed by atoms with Gasteiger partial charge in [0, 0.05) is 30.2 Å². The lowest BCUT2D eigenvalue weighted by Crippen LogP contribution is -2.44. The average molecular weight is 357 g/mol. The average Bonchev–Trinajstić information content (AvgIpc) is 2.97. The molecule has 0 saturated carbocycles. The number of rotatable bonds is 3. The lowest BCUT2D eigenvalue weighted by atomic mass is 10.1. The van der Waals surface area contributed by atoms with E-state index in [1.165, 1.54) is 5.56 Å². The number of fused-ring (bicyclic) bond motifs is 1. The van der Waals surface area contributed by atoms with Crippen molar-refractivity contribution in [3.05, 3.63) is 53.1 Å². The molecule has 0 radical (unpaired) electrons. The monoisotopic (exact) mass is 356 g/mol. The summed E-state index contributed by atoms with van der Waals surface area (Å²) in [6, 6.07) is 13.8. The summed E-state index contributed by atoms with van der Waals surface area (Å²) in [6.07, 6.45) is 0.544. The normalized spacial score (nSPS) is 21.7. The Morgan fingerprint density at radius 2 is 1.92 bits per heavy atom. The van der Waals surface area contributed by atoms with E-state index in [-0.39, 0.29) is 12.2 Å². The van der Waals surface area contributed by atoms with Crippen LogP contribution in [-0.2, 0) is 11.3 Å². The summed E-state index contributed by atoms with van der Waals surface area (Å²) in [5.74, 6) is 0.600. The number of benzene rings is 2. The highest BCUT2D eigenvalue weighted by Gasteiger charge is 2.22. The maximum atomic E-state index is 6.07. The van der Waals surface area contributed by atoms with Gasteiger partial charge >= 0.3 is 0 Å². The molecule has 0 aliphatic carbocycles. The molecule has 0 amide bonds. The van der Waals surface area contributed by atoms with E-state index in [0.29, 0.717) is 10.9 Å². The van der Waals surface area contributed by atoms with Gasteiger partial charge in [-0.05, 0) is 49.7 Å². The Morgan fingerprint density at radius 3 is 2.68 bits per heavy atom. The summed E-state index contributed by atoms with van der Waals surface area (Å²) in [6.45, 7) is 7.05. The molecular weight excluding hydrogens is 336 g/mol. The van der Waals surface area contributed by atoms with E-state index in [0.717, 1.165) is 36.3 Å². The van der Waals surface area contributed by atoms with Gasteiger partial charge in [-0.15, -0.1) is 0 Å². The summed E-state index contributed by atoms with van der Waals surface area (Å²) in [5.41, 5.74) is 3.80. The van der Waals surface area contributed by atoms with E-state index in [2.05, 4.69) is 35.9 Å². The van der Waals surface area contributed by atoms with Crippen LogP contribution in [0.5, 0.6) is 0 Å². The molecule has 0 bridgehead atoms. The van der Waals surface area contributed by atoms with Crippen LogP contribution in [0.1, 0.15) is 19.4 Å². The predicted octanol–water partition coefficient (Wildman–Crippen LogP) is 4.76. The third-order valence-electron chi connectivity index (χ3n) is 4.42. The number of hydrogen-bond donors (Lipinski definition) is 0. The highest BCUT2D eigenvalue weighted by atomic mass is 35.5. The Labute approximate surface area is 152 Å². The van der Waals surface area contributed by atoms with E-state index in [9.17, 15) is 0 Å². The number of hydrogen-bond acceptors (Lipinski definition) is 4. The Bertz CT molecular complexity index is 882. The van der Waals surface area contributed by atoms with Crippen molar-refractivity contribution < 1.29 is 9.15 Å². The van der Waals surface area contributed by atoms with Gasteiger partial charge in [0.1, 0.15) is 5.52 Å². The van der Waals surface area contributed by atoms with Crippen molar-refractivity contribution in [3.8, 4) is 11.5 Å². The Hall–Kier alpha value is -1.88. The van der Waals surface area contributed by atoms with Crippen LogP contribution in [-0.4, -0.2) is 35.2 Å². The standard InChI is InChI=1S/C20H21ClN2O2/c1-13-10-23(11-14(2)24-13)12-15-6-7-19-18(8-15)22-20(25-19)16-4-3-5-17(21)9-16/h3-9,13-14H,10-12H2,1-2H3/t13-,14+. The summed E-state index contributed by atoms with van der Waals surface area (Å²) in [7, 11) is 0. The van der Waals surface area contributed by atoms with Crippen LogP contribution in [0.4, 0.5) is 0 Å². The SMILES string of the molecule is C[C@@H]1CN(Cc2ccc3oc(-c4cccc(Cl)c4)nc3c2)C[C@H](C)O1. The van der Waals surface area contributed by atoms with Crippen molar-refractivity contribution in [3.63, 3.8) is 0 Å². The number of ether oxygens (including phenoxy) is 1. The zero-order valence-electron chi connectivity index (χ0n) is 14.4. The van der Waals surface area contributed by atoms with Gasteiger partial charge in [-0.25, -0.2) is 4.98 Å². The van der Waals surface area contributed by atoms with Gasteiger partial charge in [0.25, 0.3) is 0 Å².